The molecule has 0 amide bonds. The Balaban J connectivity index is 2.08. The van der Waals surface area contributed by atoms with Crippen molar-refractivity contribution in [2.24, 2.45) is 0 Å². The van der Waals surface area contributed by atoms with Gasteiger partial charge >= 0.3 is 0 Å². The highest BCUT2D eigenvalue weighted by Gasteiger charge is 2.16. The molecule has 3 nitrogen and oxygen atoms in total. The van der Waals surface area contributed by atoms with Crippen LogP contribution in [0.4, 0.5) is 4.39 Å². The third-order valence-electron chi connectivity index (χ3n) is 3.43. The van der Waals surface area contributed by atoms with Gasteiger partial charge in [0.25, 0.3) is 0 Å². The van der Waals surface area contributed by atoms with Crippen LogP contribution in [-0.4, -0.2) is 5.16 Å². The summed E-state index contributed by atoms with van der Waals surface area (Å²) in [6.45, 7) is 8.49. The van der Waals surface area contributed by atoms with Gasteiger partial charge in [0.1, 0.15) is 11.6 Å². The van der Waals surface area contributed by atoms with Crippen LogP contribution in [-0.2, 0) is 6.54 Å². The molecule has 1 aromatic carbocycles. The standard InChI is InChI=1S/C15H19FN2O/c1-9-5-6-14(16)7-13(9)8-17-10(2)15-11(3)18-19-12(15)4/h5-7,10,17H,8H2,1-4H3. The van der Waals surface area contributed by atoms with Gasteiger partial charge in [-0.15, -0.1) is 0 Å². The highest BCUT2D eigenvalue weighted by Crippen LogP contribution is 2.21. The minimum atomic E-state index is -0.201. The van der Waals surface area contributed by atoms with Crippen molar-refractivity contribution in [2.45, 2.75) is 40.3 Å². The molecule has 102 valence electrons. The van der Waals surface area contributed by atoms with Gasteiger partial charge in [-0.2, -0.15) is 0 Å². The Morgan fingerprint density at radius 1 is 1.32 bits per heavy atom. The zero-order valence-corrected chi connectivity index (χ0v) is 11.7. The molecule has 0 saturated carbocycles. The third kappa shape index (κ3) is 3.01. The van der Waals surface area contributed by atoms with Crippen LogP contribution in [0.2, 0.25) is 0 Å². The van der Waals surface area contributed by atoms with E-state index in [9.17, 15) is 4.39 Å². The molecule has 1 heterocycles. The van der Waals surface area contributed by atoms with E-state index < -0.39 is 0 Å². The number of aryl methyl sites for hydroxylation is 3. The summed E-state index contributed by atoms with van der Waals surface area (Å²) >= 11 is 0. The molecule has 0 aliphatic heterocycles. The first-order valence-corrected chi connectivity index (χ1v) is 6.40. The first kappa shape index (κ1) is 13.7. The van der Waals surface area contributed by atoms with E-state index >= 15 is 0 Å². The quantitative estimate of drug-likeness (QED) is 0.915. The molecule has 0 aliphatic carbocycles. The first-order chi connectivity index (χ1) is 8.99. The number of benzene rings is 1. The maximum Gasteiger partial charge on any atom is 0.138 e. The second-order valence-corrected chi connectivity index (χ2v) is 4.91. The van der Waals surface area contributed by atoms with Gasteiger partial charge in [-0.1, -0.05) is 11.2 Å². The maximum atomic E-state index is 13.2. The fraction of sp³-hybridized carbons (Fsp3) is 0.400. The number of aromatic nitrogens is 1. The summed E-state index contributed by atoms with van der Waals surface area (Å²) in [5, 5.41) is 7.33. The lowest BCUT2D eigenvalue weighted by Crippen LogP contribution is -2.19. The number of halogens is 1. The normalized spacial score (nSPS) is 12.7. The number of nitrogens with zero attached hydrogens (tertiary/aromatic N) is 1. The van der Waals surface area contributed by atoms with Gasteiger partial charge in [-0.3, -0.25) is 0 Å². The molecular weight excluding hydrogens is 243 g/mol. The van der Waals surface area contributed by atoms with Crippen LogP contribution in [0.1, 0.15) is 41.1 Å². The molecule has 1 N–H and O–H groups in total. The highest BCUT2D eigenvalue weighted by molar-refractivity contribution is 5.28. The zero-order valence-electron chi connectivity index (χ0n) is 11.7. The van der Waals surface area contributed by atoms with E-state index in [4.69, 9.17) is 4.52 Å². The molecule has 1 aromatic heterocycles. The summed E-state index contributed by atoms with van der Waals surface area (Å²) in [5.74, 6) is 0.626. The molecule has 0 spiro atoms. The van der Waals surface area contributed by atoms with Crippen LogP contribution in [0.25, 0.3) is 0 Å². The largest absolute Gasteiger partial charge is 0.361 e. The molecule has 0 aliphatic rings. The lowest BCUT2D eigenvalue weighted by molar-refractivity contribution is 0.390. The fourth-order valence-electron chi connectivity index (χ4n) is 2.30. The van der Waals surface area contributed by atoms with Crippen molar-refractivity contribution in [3.05, 3.63) is 52.2 Å². The van der Waals surface area contributed by atoms with Crippen LogP contribution in [0.3, 0.4) is 0 Å². The van der Waals surface area contributed by atoms with Gasteiger partial charge in [0.2, 0.25) is 0 Å². The van der Waals surface area contributed by atoms with Crippen molar-refractivity contribution >= 4 is 0 Å². The molecule has 2 rings (SSSR count). The molecule has 1 atom stereocenters. The number of nitrogens with one attached hydrogen (secondary N) is 1. The topological polar surface area (TPSA) is 38.1 Å². The minimum absolute atomic E-state index is 0.119. The average molecular weight is 262 g/mol. The first-order valence-electron chi connectivity index (χ1n) is 6.40. The predicted octanol–water partition coefficient (Wildman–Crippen LogP) is 3.59. The summed E-state index contributed by atoms with van der Waals surface area (Å²) in [7, 11) is 0. The van der Waals surface area contributed by atoms with Crippen molar-refractivity contribution < 1.29 is 8.91 Å². The number of hydrogen-bond donors (Lipinski definition) is 1. The predicted molar refractivity (Wildman–Crippen MR) is 72.4 cm³/mol. The Hall–Kier alpha value is -1.68. The molecule has 0 radical (unpaired) electrons. The summed E-state index contributed by atoms with van der Waals surface area (Å²) < 4.78 is 18.4. The Kier molecular flexibility index (Phi) is 4.00. The van der Waals surface area contributed by atoms with E-state index in [1.807, 2.05) is 20.8 Å². The van der Waals surface area contributed by atoms with Gasteiger partial charge in [-0.25, -0.2) is 4.39 Å². The van der Waals surface area contributed by atoms with Gasteiger partial charge in [0, 0.05) is 18.2 Å². The third-order valence-corrected chi connectivity index (χ3v) is 3.43. The van der Waals surface area contributed by atoms with E-state index in [1.165, 1.54) is 6.07 Å². The molecule has 0 saturated heterocycles. The fourth-order valence-corrected chi connectivity index (χ4v) is 2.30. The average Bonchev–Trinajstić information content (AvgIpc) is 2.70. The van der Waals surface area contributed by atoms with E-state index in [1.54, 1.807) is 12.1 Å². The van der Waals surface area contributed by atoms with Crippen molar-refractivity contribution in [1.82, 2.24) is 10.5 Å². The van der Waals surface area contributed by atoms with Crippen LogP contribution in [0.15, 0.2) is 22.7 Å². The van der Waals surface area contributed by atoms with E-state index in [2.05, 4.69) is 17.4 Å². The van der Waals surface area contributed by atoms with Crippen LogP contribution < -0.4 is 5.32 Å². The molecule has 0 fully saturated rings. The van der Waals surface area contributed by atoms with Crippen molar-refractivity contribution in [3.63, 3.8) is 0 Å². The number of rotatable bonds is 4. The number of hydrogen-bond acceptors (Lipinski definition) is 3. The molecule has 19 heavy (non-hydrogen) atoms. The van der Waals surface area contributed by atoms with E-state index in [-0.39, 0.29) is 11.9 Å². The monoisotopic (exact) mass is 262 g/mol. The lowest BCUT2D eigenvalue weighted by Gasteiger charge is -2.15. The second-order valence-electron chi connectivity index (χ2n) is 4.91. The van der Waals surface area contributed by atoms with Gasteiger partial charge < -0.3 is 9.84 Å². The molecule has 2 aromatic rings. The highest BCUT2D eigenvalue weighted by atomic mass is 19.1. The minimum Gasteiger partial charge on any atom is -0.361 e. The maximum absolute atomic E-state index is 13.2. The summed E-state index contributed by atoms with van der Waals surface area (Å²) in [4.78, 5) is 0. The molecule has 1 unspecified atom stereocenters. The molecular formula is C15H19FN2O. The van der Waals surface area contributed by atoms with Crippen LogP contribution in [0.5, 0.6) is 0 Å². The summed E-state index contributed by atoms with van der Waals surface area (Å²) in [5.41, 5.74) is 4.03. The van der Waals surface area contributed by atoms with E-state index in [0.717, 1.165) is 28.1 Å². The zero-order chi connectivity index (χ0) is 14.0. The SMILES string of the molecule is Cc1ccc(F)cc1CNC(C)c1c(C)noc1C. The Morgan fingerprint density at radius 3 is 2.68 bits per heavy atom. The summed E-state index contributed by atoms with van der Waals surface area (Å²) in [6, 6.07) is 4.97. The Labute approximate surface area is 112 Å². The Bertz CT molecular complexity index is 558. The van der Waals surface area contributed by atoms with Crippen molar-refractivity contribution in [3.8, 4) is 0 Å². The van der Waals surface area contributed by atoms with Crippen molar-refractivity contribution in [2.75, 3.05) is 0 Å². The summed E-state index contributed by atoms with van der Waals surface area (Å²) in [6.07, 6.45) is 0. The molecule has 4 heteroatoms. The van der Waals surface area contributed by atoms with Crippen LogP contribution in [0, 0.1) is 26.6 Å². The smallest absolute Gasteiger partial charge is 0.138 e. The van der Waals surface area contributed by atoms with Crippen molar-refractivity contribution in [1.29, 1.82) is 0 Å². The Morgan fingerprint density at radius 2 is 2.05 bits per heavy atom. The van der Waals surface area contributed by atoms with Crippen LogP contribution >= 0.6 is 0 Å². The lowest BCUT2D eigenvalue weighted by atomic mass is 10.1. The van der Waals surface area contributed by atoms with E-state index in [0.29, 0.717) is 6.54 Å². The second kappa shape index (κ2) is 5.53. The van der Waals surface area contributed by atoms with Gasteiger partial charge in [-0.05, 0) is 51.0 Å². The van der Waals surface area contributed by atoms with Gasteiger partial charge in [0.05, 0.1) is 5.69 Å². The molecule has 0 bridgehead atoms. The van der Waals surface area contributed by atoms with Gasteiger partial charge in [0.15, 0.2) is 0 Å².